The Hall–Kier alpha value is 0.280. The molecule has 0 bridgehead atoms. The molecule has 0 aromatic heterocycles. The lowest BCUT2D eigenvalue weighted by Gasteiger charge is -2.02. The molecule has 2 heteroatoms. The summed E-state index contributed by atoms with van der Waals surface area (Å²) in [4.78, 5) is 0. The van der Waals surface area contributed by atoms with Gasteiger partial charge in [0.15, 0.2) is 0 Å². The number of hydrogen-bond donors (Lipinski definition) is 0. The highest BCUT2D eigenvalue weighted by atomic mass is 32.2. The minimum absolute atomic E-state index is 0.137. The maximum absolute atomic E-state index is 11.8. The van der Waals surface area contributed by atoms with Gasteiger partial charge in [0, 0.05) is 0 Å². The third-order valence-corrected chi connectivity index (χ3v) is 4.37. The van der Waals surface area contributed by atoms with Gasteiger partial charge in [-0.05, 0) is 30.8 Å². The molecule has 0 heterocycles. The lowest BCUT2D eigenvalue weighted by molar-refractivity contribution is 0.455. The van der Waals surface area contributed by atoms with Crippen LogP contribution in [-0.4, -0.2) is 18.2 Å². The highest BCUT2D eigenvalue weighted by Gasteiger charge is 1.93. The van der Waals surface area contributed by atoms with Crippen LogP contribution in [0.1, 0.15) is 77.0 Å². The first kappa shape index (κ1) is 18.3. The van der Waals surface area contributed by atoms with Crippen LogP contribution in [-0.2, 0) is 0 Å². The summed E-state index contributed by atoms with van der Waals surface area (Å²) in [5, 5.41) is 0. The maximum atomic E-state index is 11.8. The monoisotopic (exact) mass is 275 g/mol. The van der Waals surface area contributed by atoms with Crippen molar-refractivity contribution in [1.82, 2.24) is 0 Å². The second-order valence-electron chi connectivity index (χ2n) is 5.04. The van der Waals surface area contributed by atoms with E-state index in [1.807, 2.05) is 0 Å². The molecule has 0 atom stereocenters. The van der Waals surface area contributed by atoms with Gasteiger partial charge in [0.1, 0.15) is 0 Å². The van der Waals surface area contributed by atoms with Crippen LogP contribution in [0.2, 0.25) is 0 Å². The second-order valence-corrected chi connectivity index (χ2v) is 6.27. The fraction of sp³-hybridized carbons (Fsp3) is 0.938. The average molecular weight is 275 g/mol. The average Bonchev–Trinajstić information content (AvgIpc) is 2.39. The van der Waals surface area contributed by atoms with Crippen molar-refractivity contribution >= 4 is 11.8 Å². The molecule has 0 unspecified atom stereocenters. The van der Waals surface area contributed by atoms with Gasteiger partial charge in [-0.3, -0.25) is 4.39 Å². The number of rotatable bonds is 15. The van der Waals surface area contributed by atoms with Crippen molar-refractivity contribution in [2.75, 3.05) is 18.2 Å². The molecule has 0 N–H and O–H groups in total. The molecule has 0 fully saturated rings. The van der Waals surface area contributed by atoms with Crippen molar-refractivity contribution in [3.63, 3.8) is 0 Å². The van der Waals surface area contributed by atoms with Gasteiger partial charge in [-0.25, -0.2) is 0 Å². The van der Waals surface area contributed by atoms with Gasteiger partial charge in [0.05, 0.1) is 6.67 Å². The van der Waals surface area contributed by atoms with Crippen molar-refractivity contribution in [3.8, 4) is 0 Å². The van der Waals surface area contributed by atoms with Gasteiger partial charge in [0.25, 0.3) is 0 Å². The highest BCUT2D eigenvalue weighted by Crippen LogP contribution is 2.13. The minimum atomic E-state index is -0.137. The summed E-state index contributed by atoms with van der Waals surface area (Å²) in [6, 6.07) is 0. The normalized spacial score (nSPS) is 11.0. The van der Waals surface area contributed by atoms with Gasteiger partial charge in [-0.1, -0.05) is 64.7 Å². The minimum Gasteiger partial charge on any atom is -0.251 e. The fourth-order valence-corrected chi connectivity index (χ4v) is 3.04. The summed E-state index contributed by atoms with van der Waals surface area (Å²) in [6.07, 6.45) is 15.1. The molecule has 0 aromatic rings. The number of thioether (sulfide) groups is 1. The van der Waals surface area contributed by atoms with Gasteiger partial charge >= 0.3 is 0 Å². The van der Waals surface area contributed by atoms with Crippen molar-refractivity contribution in [3.05, 3.63) is 6.92 Å². The van der Waals surface area contributed by atoms with E-state index < -0.39 is 0 Å². The number of halogens is 1. The molecule has 0 aliphatic heterocycles. The van der Waals surface area contributed by atoms with E-state index in [2.05, 4.69) is 18.7 Å². The van der Waals surface area contributed by atoms with Crippen LogP contribution in [0.25, 0.3) is 0 Å². The summed E-state index contributed by atoms with van der Waals surface area (Å²) < 4.78 is 11.8. The first-order chi connectivity index (χ1) is 8.91. The largest absolute Gasteiger partial charge is 0.251 e. The Kier molecular flexibility index (Phi) is 17.5. The van der Waals surface area contributed by atoms with Crippen molar-refractivity contribution < 1.29 is 4.39 Å². The first-order valence-corrected chi connectivity index (χ1v) is 9.00. The Morgan fingerprint density at radius 1 is 0.611 bits per heavy atom. The maximum Gasteiger partial charge on any atom is 0.0894 e. The van der Waals surface area contributed by atoms with E-state index in [0.29, 0.717) is 0 Å². The lowest BCUT2D eigenvalue weighted by Crippen LogP contribution is -1.87. The summed E-state index contributed by atoms with van der Waals surface area (Å²) in [7, 11) is 0. The molecular weight excluding hydrogens is 243 g/mol. The first-order valence-electron chi connectivity index (χ1n) is 7.84. The van der Waals surface area contributed by atoms with E-state index in [1.54, 1.807) is 0 Å². The van der Waals surface area contributed by atoms with E-state index in [9.17, 15) is 4.39 Å². The summed E-state index contributed by atoms with van der Waals surface area (Å²) in [5.74, 6) is 2.60. The van der Waals surface area contributed by atoms with Gasteiger partial charge in [-0.15, -0.1) is 0 Å². The van der Waals surface area contributed by atoms with Crippen LogP contribution in [0.15, 0.2) is 0 Å². The third kappa shape index (κ3) is 16.3. The van der Waals surface area contributed by atoms with E-state index in [1.165, 1.54) is 69.3 Å². The Labute approximate surface area is 119 Å². The number of hydrogen-bond acceptors (Lipinski definition) is 1. The van der Waals surface area contributed by atoms with E-state index in [4.69, 9.17) is 0 Å². The topological polar surface area (TPSA) is 0 Å². The predicted octanol–water partition coefficient (Wildman–Crippen LogP) is 6.20. The van der Waals surface area contributed by atoms with Gasteiger partial charge in [-0.2, -0.15) is 11.8 Å². The zero-order chi connectivity index (χ0) is 13.3. The molecule has 0 saturated heterocycles. The zero-order valence-corrected chi connectivity index (χ0v) is 12.9. The number of unbranched alkanes of at least 4 members (excludes halogenated alkanes) is 10. The van der Waals surface area contributed by atoms with Crippen LogP contribution in [0.5, 0.6) is 0 Å². The number of alkyl halides is 1. The molecule has 0 rings (SSSR count). The molecular formula is C16H32FS. The Bertz CT molecular complexity index is 123. The molecule has 1 radical (unpaired) electrons. The SMILES string of the molecule is [CH2]CCCCCCCCCSCCCCCCF. The molecule has 0 nitrogen and oxygen atoms in total. The molecule has 0 spiro atoms. The standard InChI is InChI=1S/C16H32FS/c1-2-3-4-5-6-7-9-12-15-18-16-13-10-8-11-14-17/h1-16H2. The van der Waals surface area contributed by atoms with E-state index in [-0.39, 0.29) is 6.67 Å². The van der Waals surface area contributed by atoms with E-state index in [0.717, 1.165) is 19.3 Å². The van der Waals surface area contributed by atoms with Gasteiger partial charge < -0.3 is 0 Å². The molecule has 0 aromatic carbocycles. The van der Waals surface area contributed by atoms with E-state index >= 15 is 0 Å². The fourth-order valence-electron chi connectivity index (χ4n) is 2.02. The summed E-state index contributed by atoms with van der Waals surface area (Å²) in [6.45, 7) is 3.73. The van der Waals surface area contributed by atoms with Crippen LogP contribution >= 0.6 is 11.8 Å². The van der Waals surface area contributed by atoms with Crippen molar-refractivity contribution in [2.24, 2.45) is 0 Å². The summed E-state index contributed by atoms with van der Waals surface area (Å²) in [5.41, 5.74) is 0. The molecule has 0 aliphatic carbocycles. The van der Waals surface area contributed by atoms with Crippen LogP contribution in [0.3, 0.4) is 0 Å². The van der Waals surface area contributed by atoms with Crippen molar-refractivity contribution in [1.29, 1.82) is 0 Å². The lowest BCUT2D eigenvalue weighted by atomic mass is 10.1. The van der Waals surface area contributed by atoms with Crippen LogP contribution < -0.4 is 0 Å². The highest BCUT2D eigenvalue weighted by molar-refractivity contribution is 7.99. The molecule has 0 aliphatic rings. The molecule has 0 saturated carbocycles. The second kappa shape index (κ2) is 17.3. The Morgan fingerprint density at radius 2 is 1.06 bits per heavy atom. The zero-order valence-electron chi connectivity index (χ0n) is 12.1. The van der Waals surface area contributed by atoms with Crippen LogP contribution in [0, 0.1) is 6.92 Å². The Morgan fingerprint density at radius 3 is 1.56 bits per heavy atom. The Balaban J connectivity index is 2.86. The third-order valence-electron chi connectivity index (χ3n) is 3.21. The predicted molar refractivity (Wildman–Crippen MR) is 84.1 cm³/mol. The smallest absolute Gasteiger partial charge is 0.0894 e. The van der Waals surface area contributed by atoms with Gasteiger partial charge in [0.2, 0.25) is 0 Å². The molecule has 18 heavy (non-hydrogen) atoms. The summed E-state index contributed by atoms with van der Waals surface area (Å²) >= 11 is 2.08. The quantitative estimate of drug-likeness (QED) is 0.320. The van der Waals surface area contributed by atoms with Crippen LogP contribution in [0.4, 0.5) is 4.39 Å². The van der Waals surface area contributed by atoms with Crippen molar-refractivity contribution in [2.45, 2.75) is 77.0 Å². The molecule has 0 amide bonds. The molecule has 109 valence electrons.